The quantitative estimate of drug-likeness (QED) is 0.739. The van der Waals surface area contributed by atoms with Gasteiger partial charge in [0.1, 0.15) is 34.0 Å². The van der Waals surface area contributed by atoms with Crippen LogP contribution in [0.5, 0.6) is 0 Å². The van der Waals surface area contributed by atoms with E-state index in [0.717, 1.165) is 31.2 Å². The van der Waals surface area contributed by atoms with E-state index >= 15 is 0 Å². The van der Waals surface area contributed by atoms with Gasteiger partial charge in [-0.05, 0) is 44.6 Å². The summed E-state index contributed by atoms with van der Waals surface area (Å²) in [4.78, 5) is 33.5. The predicted octanol–water partition coefficient (Wildman–Crippen LogP) is 3.76. The predicted molar refractivity (Wildman–Crippen MR) is 99.8 cm³/mol. The minimum atomic E-state index is -0.941. The van der Waals surface area contributed by atoms with Gasteiger partial charge in [0.25, 0.3) is 0 Å². The maximum atomic E-state index is 12.6. The smallest absolute Gasteiger partial charge is 0.348 e. The minimum Gasteiger partial charge on any atom is -0.480 e. The van der Waals surface area contributed by atoms with Crippen molar-refractivity contribution in [2.24, 2.45) is 0 Å². The van der Waals surface area contributed by atoms with Crippen molar-refractivity contribution in [2.75, 3.05) is 5.32 Å². The van der Waals surface area contributed by atoms with Crippen LogP contribution in [0.15, 0.2) is 6.33 Å². The van der Waals surface area contributed by atoms with Gasteiger partial charge in [-0.25, -0.2) is 19.6 Å². The zero-order valence-corrected chi connectivity index (χ0v) is 15.8. The molecule has 26 heavy (non-hydrogen) atoms. The molecule has 1 atom stereocenters. The van der Waals surface area contributed by atoms with Crippen molar-refractivity contribution in [3.8, 4) is 0 Å². The van der Waals surface area contributed by atoms with Crippen LogP contribution in [-0.4, -0.2) is 39.2 Å². The molecule has 8 heteroatoms. The number of carbonyl (C=O) groups excluding carboxylic acids is 1. The van der Waals surface area contributed by atoms with Gasteiger partial charge in [-0.3, -0.25) is 0 Å². The number of aliphatic carboxylic acids is 1. The Balaban J connectivity index is 1.88. The van der Waals surface area contributed by atoms with Crippen LogP contribution < -0.4 is 5.32 Å². The Morgan fingerprint density at radius 3 is 2.73 bits per heavy atom. The Labute approximate surface area is 155 Å². The van der Waals surface area contributed by atoms with Crippen molar-refractivity contribution in [1.29, 1.82) is 0 Å². The van der Waals surface area contributed by atoms with Gasteiger partial charge in [0.15, 0.2) is 0 Å². The molecule has 0 bridgehead atoms. The van der Waals surface area contributed by atoms with E-state index in [1.165, 1.54) is 24.1 Å². The maximum absolute atomic E-state index is 12.6. The molecule has 0 radical (unpaired) electrons. The van der Waals surface area contributed by atoms with Crippen molar-refractivity contribution in [1.82, 2.24) is 9.97 Å². The Bertz CT molecular complexity index is 814. The van der Waals surface area contributed by atoms with Crippen LogP contribution in [0.25, 0.3) is 10.2 Å². The second-order valence-electron chi connectivity index (χ2n) is 6.57. The van der Waals surface area contributed by atoms with Crippen LogP contribution in [-0.2, 0) is 9.53 Å². The first-order valence-electron chi connectivity index (χ1n) is 8.95. The summed E-state index contributed by atoms with van der Waals surface area (Å²) in [6.07, 6.45) is 7.00. The Hall–Kier alpha value is -2.22. The molecule has 1 fully saturated rings. The number of carboxylic acid groups (broad SMARTS) is 1. The largest absolute Gasteiger partial charge is 0.480 e. The third kappa shape index (κ3) is 3.80. The zero-order valence-electron chi connectivity index (χ0n) is 14.9. The molecule has 3 rings (SSSR count). The highest BCUT2D eigenvalue weighted by atomic mass is 32.1. The summed E-state index contributed by atoms with van der Waals surface area (Å²) in [6.45, 7) is 3.62. The van der Waals surface area contributed by atoms with Crippen LogP contribution in [0, 0.1) is 6.92 Å². The lowest BCUT2D eigenvalue weighted by atomic mass is 9.98. The average Bonchev–Trinajstić information content (AvgIpc) is 2.98. The fourth-order valence-electron chi connectivity index (χ4n) is 3.27. The number of nitrogens with one attached hydrogen (secondary N) is 1. The van der Waals surface area contributed by atoms with E-state index in [1.807, 2.05) is 6.92 Å². The summed E-state index contributed by atoms with van der Waals surface area (Å²) in [7, 11) is 0. The van der Waals surface area contributed by atoms with Crippen molar-refractivity contribution in [2.45, 2.75) is 64.5 Å². The number of aryl methyl sites for hydroxylation is 1. The summed E-state index contributed by atoms with van der Waals surface area (Å²) in [5.74, 6) is -0.826. The number of carbonyl (C=O) groups is 2. The van der Waals surface area contributed by atoms with Gasteiger partial charge >= 0.3 is 11.9 Å². The van der Waals surface area contributed by atoms with Crippen LogP contribution in [0.1, 0.15) is 60.7 Å². The minimum absolute atomic E-state index is 0.0129. The van der Waals surface area contributed by atoms with Gasteiger partial charge in [-0.1, -0.05) is 13.3 Å². The van der Waals surface area contributed by atoms with E-state index in [-0.39, 0.29) is 12.1 Å². The summed E-state index contributed by atoms with van der Waals surface area (Å²) in [6, 6.07) is -0.745. The first-order chi connectivity index (χ1) is 12.5. The summed E-state index contributed by atoms with van der Waals surface area (Å²) < 4.78 is 5.68. The van der Waals surface area contributed by atoms with Crippen LogP contribution in [0.2, 0.25) is 0 Å². The molecule has 1 aliphatic carbocycles. The third-order valence-electron chi connectivity index (χ3n) is 4.76. The number of anilines is 1. The highest BCUT2D eigenvalue weighted by molar-refractivity contribution is 7.20. The molecule has 0 amide bonds. The van der Waals surface area contributed by atoms with Crippen molar-refractivity contribution >= 4 is 39.3 Å². The summed E-state index contributed by atoms with van der Waals surface area (Å²) >= 11 is 1.26. The molecule has 0 aliphatic heterocycles. The first kappa shape index (κ1) is 18.6. The monoisotopic (exact) mass is 377 g/mol. The normalized spacial score (nSPS) is 16.4. The van der Waals surface area contributed by atoms with Crippen LogP contribution in [0.3, 0.4) is 0 Å². The number of thiophene rings is 1. The van der Waals surface area contributed by atoms with Gasteiger partial charge in [-0.2, -0.15) is 0 Å². The molecule has 1 unspecified atom stereocenters. The van der Waals surface area contributed by atoms with Crippen molar-refractivity contribution in [3.63, 3.8) is 0 Å². The fraction of sp³-hybridized carbons (Fsp3) is 0.556. The van der Waals surface area contributed by atoms with Gasteiger partial charge in [-0.15, -0.1) is 11.3 Å². The molecule has 7 nitrogen and oxygen atoms in total. The number of nitrogens with zero attached hydrogens (tertiary/aromatic N) is 2. The molecular weight excluding hydrogens is 354 g/mol. The van der Waals surface area contributed by atoms with E-state index in [1.54, 1.807) is 6.92 Å². The molecule has 2 heterocycles. The Morgan fingerprint density at radius 1 is 1.35 bits per heavy atom. The lowest BCUT2D eigenvalue weighted by Gasteiger charge is -2.21. The highest BCUT2D eigenvalue weighted by Gasteiger charge is 2.25. The van der Waals surface area contributed by atoms with E-state index in [2.05, 4.69) is 15.3 Å². The second kappa shape index (κ2) is 7.99. The first-order valence-corrected chi connectivity index (χ1v) is 9.77. The average molecular weight is 377 g/mol. The van der Waals surface area contributed by atoms with E-state index < -0.39 is 12.0 Å². The molecule has 0 saturated heterocycles. The number of fused-ring (bicyclic) bond motifs is 1. The molecule has 2 aromatic rings. The Kier molecular flexibility index (Phi) is 5.70. The number of hydrogen-bond acceptors (Lipinski definition) is 7. The van der Waals surface area contributed by atoms with Gasteiger partial charge in [0.2, 0.25) is 0 Å². The number of esters is 1. The number of carboxylic acids is 1. The van der Waals surface area contributed by atoms with Crippen molar-refractivity contribution < 1.29 is 19.4 Å². The Morgan fingerprint density at radius 2 is 2.08 bits per heavy atom. The molecule has 1 aliphatic rings. The molecular formula is C18H23N3O4S. The SMILES string of the molecule is CCC(Nc1ncnc2sc(C(=O)OC3CCCCC3)c(C)c12)C(=O)O. The highest BCUT2D eigenvalue weighted by Crippen LogP contribution is 2.34. The standard InChI is InChI=1S/C18H23N3O4S/c1-3-12(17(22)23)21-15-13-10(2)14(26-16(13)20-9-19-15)18(24)25-11-7-5-4-6-8-11/h9,11-12H,3-8H2,1-2H3,(H,22,23)(H,19,20,21). The van der Waals surface area contributed by atoms with E-state index in [0.29, 0.717) is 27.3 Å². The van der Waals surface area contributed by atoms with Crippen molar-refractivity contribution in [3.05, 3.63) is 16.8 Å². The lowest BCUT2D eigenvalue weighted by Crippen LogP contribution is -2.28. The van der Waals surface area contributed by atoms with Crippen LogP contribution >= 0.6 is 11.3 Å². The summed E-state index contributed by atoms with van der Waals surface area (Å²) in [5.41, 5.74) is 0.731. The lowest BCUT2D eigenvalue weighted by molar-refractivity contribution is -0.137. The molecule has 2 aromatic heterocycles. The van der Waals surface area contributed by atoms with Gasteiger partial charge < -0.3 is 15.2 Å². The molecule has 0 spiro atoms. The third-order valence-corrected chi connectivity index (χ3v) is 5.94. The number of ether oxygens (including phenoxy) is 1. The number of hydrogen-bond donors (Lipinski definition) is 2. The van der Waals surface area contributed by atoms with Gasteiger partial charge in [0.05, 0.1) is 5.39 Å². The second-order valence-corrected chi connectivity index (χ2v) is 7.57. The van der Waals surface area contributed by atoms with Crippen LogP contribution in [0.4, 0.5) is 5.82 Å². The van der Waals surface area contributed by atoms with Gasteiger partial charge in [0, 0.05) is 0 Å². The zero-order chi connectivity index (χ0) is 18.7. The molecule has 2 N–H and O–H groups in total. The number of rotatable bonds is 6. The molecule has 0 aromatic carbocycles. The number of aromatic nitrogens is 2. The van der Waals surface area contributed by atoms with E-state index in [9.17, 15) is 14.7 Å². The maximum Gasteiger partial charge on any atom is 0.348 e. The fourth-order valence-corrected chi connectivity index (χ4v) is 4.30. The summed E-state index contributed by atoms with van der Waals surface area (Å²) in [5, 5.41) is 12.9. The molecule has 140 valence electrons. The molecule has 1 saturated carbocycles. The topological polar surface area (TPSA) is 101 Å². The van der Waals surface area contributed by atoms with E-state index in [4.69, 9.17) is 4.74 Å².